The molecule has 2 heterocycles. The van der Waals surface area contributed by atoms with Gasteiger partial charge in [-0.05, 0) is 12.1 Å². The van der Waals surface area contributed by atoms with Crippen molar-refractivity contribution in [3.05, 3.63) is 53.6 Å². The maximum Gasteiger partial charge on any atom is 0.411 e. The van der Waals surface area contributed by atoms with Crippen LogP contribution in [0.1, 0.15) is 17.2 Å². The van der Waals surface area contributed by atoms with Crippen molar-refractivity contribution in [3.8, 4) is 0 Å². The Morgan fingerprint density at radius 3 is 2.96 bits per heavy atom. The van der Waals surface area contributed by atoms with E-state index in [2.05, 4.69) is 25.0 Å². The van der Waals surface area contributed by atoms with E-state index < -0.39 is 29.4 Å². The van der Waals surface area contributed by atoms with Crippen LogP contribution in [0.2, 0.25) is 0 Å². The number of amides is 1. The number of aliphatic hydroxyl groups is 1. The summed E-state index contributed by atoms with van der Waals surface area (Å²) in [6.07, 6.45) is 1.58. The van der Waals surface area contributed by atoms with E-state index >= 15 is 0 Å². The lowest BCUT2D eigenvalue weighted by Gasteiger charge is -2.15. The molecule has 0 bridgehead atoms. The number of nitrogens with one attached hydrogen (secondary N) is 2. The fourth-order valence-electron chi connectivity index (χ4n) is 2.34. The minimum Gasteiger partial charge on any atom is -0.453 e. The molecule has 1 aromatic carbocycles. The molecule has 3 aromatic rings. The van der Waals surface area contributed by atoms with Crippen molar-refractivity contribution >= 4 is 22.8 Å². The van der Waals surface area contributed by atoms with E-state index in [-0.39, 0.29) is 11.3 Å². The van der Waals surface area contributed by atoms with Gasteiger partial charge in [-0.2, -0.15) is 0 Å². The number of H-pyrrole nitrogens is 1. The maximum absolute atomic E-state index is 14.6. The number of hydrogen-bond acceptors (Lipinski definition) is 5. The van der Waals surface area contributed by atoms with Gasteiger partial charge in [0, 0.05) is 23.3 Å². The lowest BCUT2D eigenvalue weighted by Crippen LogP contribution is -2.14. The van der Waals surface area contributed by atoms with Crippen molar-refractivity contribution in [2.75, 3.05) is 12.4 Å². The summed E-state index contributed by atoms with van der Waals surface area (Å²) in [7, 11) is 1.11. The van der Waals surface area contributed by atoms with Crippen LogP contribution in [0, 0.1) is 11.6 Å². The van der Waals surface area contributed by atoms with Crippen LogP contribution < -0.4 is 5.32 Å². The number of benzene rings is 1. The summed E-state index contributed by atoms with van der Waals surface area (Å²) in [6.45, 7) is 0. The zero-order chi connectivity index (χ0) is 17.3. The van der Waals surface area contributed by atoms with Crippen LogP contribution in [0.25, 0.3) is 11.0 Å². The second kappa shape index (κ2) is 6.20. The van der Waals surface area contributed by atoms with Crippen LogP contribution in [0.5, 0.6) is 0 Å². The Hall–Kier alpha value is -3.07. The Bertz CT molecular complexity index is 913. The number of aromatic amines is 1. The summed E-state index contributed by atoms with van der Waals surface area (Å²) in [4.78, 5) is 21.8. The molecule has 7 nitrogen and oxygen atoms in total. The SMILES string of the molecule is COC(=O)Nc1ccc(F)c(C(O)c2c[nH]c3ncncc23)c1F. The van der Waals surface area contributed by atoms with Crippen LogP contribution in [-0.2, 0) is 4.74 Å². The number of ether oxygens (including phenoxy) is 1. The zero-order valence-electron chi connectivity index (χ0n) is 12.4. The highest BCUT2D eigenvalue weighted by Gasteiger charge is 2.25. The number of carbonyl (C=O) groups excluding carboxylic acids is 1. The second-order valence-corrected chi connectivity index (χ2v) is 4.87. The van der Waals surface area contributed by atoms with Crippen LogP contribution in [0.15, 0.2) is 30.9 Å². The number of methoxy groups -OCH3 is 1. The normalized spacial score (nSPS) is 12.2. The molecule has 0 aliphatic carbocycles. The third-order valence-electron chi connectivity index (χ3n) is 3.50. The number of hydrogen-bond donors (Lipinski definition) is 3. The van der Waals surface area contributed by atoms with Gasteiger partial charge < -0.3 is 14.8 Å². The number of aliphatic hydroxyl groups excluding tert-OH is 1. The van der Waals surface area contributed by atoms with Gasteiger partial charge in [-0.15, -0.1) is 0 Å². The van der Waals surface area contributed by atoms with Crippen LogP contribution >= 0.6 is 0 Å². The van der Waals surface area contributed by atoms with E-state index in [1.54, 1.807) is 0 Å². The Labute approximate surface area is 134 Å². The molecule has 0 aliphatic heterocycles. The minimum absolute atomic E-state index is 0.207. The predicted molar refractivity (Wildman–Crippen MR) is 80.3 cm³/mol. The van der Waals surface area contributed by atoms with Crippen molar-refractivity contribution < 1.29 is 23.4 Å². The number of fused-ring (bicyclic) bond motifs is 1. The molecule has 0 spiro atoms. The molecule has 124 valence electrons. The van der Waals surface area contributed by atoms with Crippen LogP contribution in [0.3, 0.4) is 0 Å². The first-order valence-corrected chi connectivity index (χ1v) is 6.80. The molecule has 1 atom stereocenters. The summed E-state index contributed by atoms with van der Waals surface area (Å²) >= 11 is 0. The molecule has 3 N–H and O–H groups in total. The largest absolute Gasteiger partial charge is 0.453 e. The number of aromatic nitrogens is 3. The fraction of sp³-hybridized carbons (Fsp3) is 0.133. The van der Waals surface area contributed by atoms with E-state index in [1.807, 2.05) is 0 Å². The van der Waals surface area contributed by atoms with Gasteiger partial charge in [-0.1, -0.05) is 0 Å². The molecule has 0 saturated carbocycles. The van der Waals surface area contributed by atoms with Gasteiger partial charge in [0.25, 0.3) is 0 Å². The number of anilines is 1. The van der Waals surface area contributed by atoms with Gasteiger partial charge in [0.1, 0.15) is 23.9 Å². The van der Waals surface area contributed by atoms with Crippen molar-refractivity contribution in [2.45, 2.75) is 6.10 Å². The van der Waals surface area contributed by atoms with E-state index in [0.29, 0.717) is 11.0 Å². The predicted octanol–water partition coefficient (Wildman–Crippen LogP) is 2.50. The first-order chi connectivity index (χ1) is 11.5. The number of rotatable bonds is 3. The summed E-state index contributed by atoms with van der Waals surface area (Å²) in [5.74, 6) is -2.05. The molecular formula is C15H12F2N4O3. The molecular weight excluding hydrogens is 322 g/mol. The third kappa shape index (κ3) is 2.65. The summed E-state index contributed by atoms with van der Waals surface area (Å²) in [5, 5.41) is 13.0. The molecule has 9 heteroatoms. The quantitative estimate of drug-likeness (QED) is 0.683. The lowest BCUT2D eigenvalue weighted by atomic mass is 10.00. The molecule has 3 rings (SSSR count). The fourth-order valence-corrected chi connectivity index (χ4v) is 2.34. The second-order valence-electron chi connectivity index (χ2n) is 4.87. The lowest BCUT2D eigenvalue weighted by molar-refractivity contribution is 0.186. The van der Waals surface area contributed by atoms with E-state index in [4.69, 9.17) is 0 Å². The number of halogens is 2. The van der Waals surface area contributed by atoms with Gasteiger partial charge in [-0.3, -0.25) is 5.32 Å². The third-order valence-corrected chi connectivity index (χ3v) is 3.50. The molecule has 1 unspecified atom stereocenters. The van der Waals surface area contributed by atoms with Crippen molar-refractivity contribution in [1.82, 2.24) is 15.0 Å². The van der Waals surface area contributed by atoms with Gasteiger partial charge in [0.15, 0.2) is 5.82 Å². The average molecular weight is 334 g/mol. The average Bonchev–Trinajstić information content (AvgIpc) is 3.01. The monoisotopic (exact) mass is 334 g/mol. The van der Waals surface area contributed by atoms with E-state index in [0.717, 1.165) is 19.2 Å². The van der Waals surface area contributed by atoms with Crippen molar-refractivity contribution in [1.29, 1.82) is 0 Å². The molecule has 0 saturated heterocycles. The molecule has 0 aliphatic rings. The van der Waals surface area contributed by atoms with Crippen LogP contribution in [-0.4, -0.2) is 33.3 Å². The van der Waals surface area contributed by atoms with Gasteiger partial charge in [0.05, 0.1) is 18.4 Å². The molecule has 2 aromatic heterocycles. The summed E-state index contributed by atoms with van der Waals surface area (Å²) in [6, 6.07) is 1.98. The molecule has 0 radical (unpaired) electrons. The van der Waals surface area contributed by atoms with E-state index in [1.165, 1.54) is 18.7 Å². The molecule has 0 fully saturated rings. The zero-order valence-corrected chi connectivity index (χ0v) is 12.4. The van der Waals surface area contributed by atoms with E-state index in [9.17, 15) is 18.7 Å². The first-order valence-electron chi connectivity index (χ1n) is 6.80. The maximum atomic E-state index is 14.6. The topological polar surface area (TPSA) is 100 Å². The number of carbonyl (C=O) groups is 1. The highest BCUT2D eigenvalue weighted by molar-refractivity contribution is 5.85. The minimum atomic E-state index is -1.62. The molecule has 24 heavy (non-hydrogen) atoms. The Morgan fingerprint density at radius 2 is 2.21 bits per heavy atom. The molecule has 1 amide bonds. The first kappa shape index (κ1) is 15.8. The van der Waals surface area contributed by atoms with Crippen LogP contribution in [0.4, 0.5) is 19.3 Å². The van der Waals surface area contributed by atoms with Gasteiger partial charge in [-0.25, -0.2) is 23.5 Å². The standard InChI is InChI=1S/C15H12F2N4O3/c1-24-15(23)21-10-3-2-9(16)11(12(10)17)13(22)7-5-19-14-8(7)4-18-6-20-14/h2-6,13,22H,1H3,(H,21,23)(H,18,19,20). The Morgan fingerprint density at radius 1 is 1.42 bits per heavy atom. The number of nitrogens with zero attached hydrogens (tertiary/aromatic N) is 2. The summed E-state index contributed by atoms with van der Waals surface area (Å²) < 4.78 is 33.0. The highest BCUT2D eigenvalue weighted by Crippen LogP contribution is 2.33. The Kier molecular flexibility index (Phi) is 4.09. The van der Waals surface area contributed by atoms with Gasteiger partial charge >= 0.3 is 6.09 Å². The van der Waals surface area contributed by atoms with Crippen molar-refractivity contribution in [2.24, 2.45) is 0 Å². The smallest absolute Gasteiger partial charge is 0.411 e. The highest BCUT2D eigenvalue weighted by atomic mass is 19.1. The van der Waals surface area contributed by atoms with Gasteiger partial charge in [0.2, 0.25) is 0 Å². The van der Waals surface area contributed by atoms with Crippen molar-refractivity contribution in [3.63, 3.8) is 0 Å². The Balaban J connectivity index is 2.07. The summed E-state index contributed by atoms with van der Waals surface area (Å²) in [5.41, 5.74) is -0.288.